The number of halogens is 2. The van der Waals surface area contributed by atoms with Crippen LogP contribution in [0, 0.1) is 0 Å². The van der Waals surface area contributed by atoms with Crippen LogP contribution in [0.5, 0.6) is 5.75 Å². The third-order valence-corrected chi connectivity index (χ3v) is 5.21. The van der Waals surface area contributed by atoms with Gasteiger partial charge in [0, 0.05) is 23.6 Å². The van der Waals surface area contributed by atoms with Gasteiger partial charge < -0.3 is 14.2 Å². The van der Waals surface area contributed by atoms with Gasteiger partial charge in [-0.3, -0.25) is 4.90 Å². The molecule has 0 unspecified atom stereocenters. The van der Waals surface area contributed by atoms with Crippen LogP contribution in [0.1, 0.15) is 25.7 Å². The predicted octanol–water partition coefficient (Wildman–Crippen LogP) is 3.91. The van der Waals surface area contributed by atoms with E-state index in [-0.39, 0.29) is 12.4 Å². The fourth-order valence-electron chi connectivity index (χ4n) is 3.49. The van der Waals surface area contributed by atoms with Gasteiger partial charge in [-0.25, -0.2) is 0 Å². The molecule has 3 rings (SSSR count). The summed E-state index contributed by atoms with van der Waals surface area (Å²) in [4.78, 5) is 2.56. The van der Waals surface area contributed by atoms with Crippen LogP contribution in [0.3, 0.4) is 0 Å². The average molecular weight is 421 g/mol. The largest absolute Gasteiger partial charge is 0.491 e. The molecule has 1 saturated carbocycles. The molecule has 1 heterocycles. The normalized spacial score (nSPS) is 25.0. The van der Waals surface area contributed by atoms with E-state index in [9.17, 15) is 0 Å². The van der Waals surface area contributed by atoms with Crippen molar-refractivity contribution in [2.45, 2.75) is 37.8 Å². The zero-order chi connectivity index (χ0) is 15.9. The molecule has 2 fully saturated rings. The summed E-state index contributed by atoms with van der Waals surface area (Å²) < 4.78 is 18.5. The Morgan fingerprint density at radius 2 is 1.75 bits per heavy atom. The highest BCUT2D eigenvalue weighted by molar-refractivity contribution is 9.10. The molecule has 136 valence electrons. The molecule has 1 aliphatic carbocycles. The Morgan fingerprint density at radius 3 is 2.50 bits per heavy atom. The van der Waals surface area contributed by atoms with Crippen molar-refractivity contribution in [1.29, 1.82) is 0 Å². The van der Waals surface area contributed by atoms with Crippen LogP contribution >= 0.6 is 28.3 Å². The summed E-state index contributed by atoms with van der Waals surface area (Å²) in [6.07, 6.45) is 5.35. The lowest BCUT2D eigenvalue weighted by molar-refractivity contribution is -0.0698. The minimum absolute atomic E-state index is 0. The molecular weight excluding hydrogens is 394 g/mol. The van der Waals surface area contributed by atoms with Gasteiger partial charge in [-0.2, -0.15) is 0 Å². The van der Waals surface area contributed by atoms with Crippen LogP contribution in [0.4, 0.5) is 0 Å². The molecule has 2 atom stereocenters. The van der Waals surface area contributed by atoms with E-state index in [4.69, 9.17) is 14.2 Å². The van der Waals surface area contributed by atoms with E-state index in [1.807, 2.05) is 24.3 Å². The Bertz CT molecular complexity index is 468. The van der Waals surface area contributed by atoms with Gasteiger partial charge in [-0.1, -0.05) is 28.8 Å². The Hall–Kier alpha value is -0.330. The smallest absolute Gasteiger partial charge is 0.119 e. The van der Waals surface area contributed by atoms with E-state index in [2.05, 4.69) is 20.8 Å². The third-order valence-electron chi connectivity index (χ3n) is 4.68. The van der Waals surface area contributed by atoms with Crippen LogP contribution < -0.4 is 4.74 Å². The van der Waals surface area contributed by atoms with Crippen molar-refractivity contribution in [1.82, 2.24) is 4.90 Å². The predicted molar refractivity (Wildman–Crippen MR) is 101 cm³/mol. The van der Waals surface area contributed by atoms with Crippen molar-refractivity contribution in [3.8, 4) is 5.75 Å². The molecule has 0 amide bonds. The maximum atomic E-state index is 6.18. The highest BCUT2D eigenvalue weighted by Gasteiger charge is 2.31. The summed E-state index contributed by atoms with van der Waals surface area (Å²) >= 11 is 3.43. The maximum Gasteiger partial charge on any atom is 0.119 e. The summed E-state index contributed by atoms with van der Waals surface area (Å²) in [6, 6.07) is 8.49. The van der Waals surface area contributed by atoms with Crippen LogP contribution in [0.2, 0.25) is 0 Å². The SMILES string of the molecule is Brc1ccc(OCCO[C@@H]2CCCC[C@H]2N2CCOCC2)cc1.Cl. The second-order valence-corrected chi connectivity index (χ2v) is 7.13. The summed E-state index contributed by atoms with van der Waals surface area (Å²) in [5, 5.41) is 0. The molecule has 0 aromatic heterocycles. The van der Waals surface area contributed by atoms with Gasteiger partial charge in [0.25, 0.3) is 0 Å². The Balaban J connectivity index is 0.00000208. The lowest BCUT2D eigenvalue weighted by Crippen LogP contribution is -2.51. The number of benzene rings is 1. The minimum Gasteiger partial charge on any atom is -0.491 e. The van der Waals surface area contributed by atoms with Gasteiger partial charge in [-0.15, -0.1) is 12.4 Å². The van der Waals surface area contributed by atoms with Crippen LogP contribution in [0.15, 0.2) is 28.7 Å². The number of morpholine rings is 1. The van der Waals surface area contributed by atoms with E-state index in [1.54, 1.807) is 0 Å². The van der Waals surface area contributed by atoms with E-state index in [0.717, 1.165) is 36.5 Å². The molecule has 1 aliphatic heterocycles. The van der Waals surface area contributed by atoms with Crippen molar-refractivity contribution in [3.63, 3.8) is 0 Å². The van der Waals surface area contributed by atoms with Crippen molar-refractivity contribution >= 4 is 28.3 Å². The van der Waals surface area contributed by atoms with Crippen molar-refractivity contribution in [3.05, 3.63) is 28.7 Å². The number of ether oxygens (including phenoxy) is 3. The highest BCUT2D eigenvalue weighted by atomic mass is 79.9. The molecule has 0 N–H and O–H groups in total. The molecule has 2 aliphatic rings. The highest BCUT2D eigenvalue weighted by Crippen LogP contribution is 2.26. The number of nitrogens with zero attached hydrogens (tertiary/aromatic N) is 1. The van der Waals surface area contributed by atoms with Gasteiger partial charge >= 0.3 is 0 Å². The average Bonchev–Trinajstić information content (AvgIpc) is 2.61. The molecule has 0 bridgehead atoms. The van der Waals surface area contributed by atoms with Gasteiger partial charge in [0.1, 0.15) is 12.4 Å². The number of hydrogen-bond acceptors (Lipinski definition) is 4. The Kier molecular flexibility index (Phi) is 8.84. The first kappa shape index (κ1) is 20.0. The van der Waals surface area contributed by atoms with Gasteiger partial charge in [-0.05, 0) is 37.1 Å². The molecule has 0 spiro atoms. The Morgan fingerprint density at radius 1 is 1.04 bits per heavy atom. The quantitative estimate of drug-likeness (QED) is 0.653. The molecule has 0 radical (unpaired) electrons. The lowest BCUT2D eigenvalue weighted by atomic mass is 9.91. The lowest BCUT2D eigenvalue weighted by Gasteiger charge is -2.41. The topological polar surface area (TPSA) is 30.9 Å². The number of hydrogen-bond donors (Lipinski definition) is 0. The molecule has 24 heavy (non-hydrogen) atoms. The second-order valence-electron chi connectivity index (χ2n) is 6.21. The van der Waals surface area contributed by atoms with Gasteiger partial charge in [0.15, 0.2) is 0 Å². The van der Waals surface area contributed by atoms with E-state index < -0.39 is 0 Å². The molecule has 1 aromatic rings. The van der Waals surface area contributed by atoms with Crippen LogP contribution in [-0.2, 0) is 9.47 Å². The molecule has 6 heteroatoms. The summed E-state index contributed by atoms with van der Waals surface area (Å²) in [5.41, 5.74) is 0. The summed E-state index contributed by atoms with van der Waals surface area (Å²) in [6.45, 7) is 5.06. The van der Waals surface area contributed by atoms with Crippen molar-refractivity contribution in [2.24, 2.45) is 0 Å². The molecular formula is C18H27BrClNO3. The third kappa shape index (κ3) is 5.88. The standard InChI is InChI=1S/C18H26BrNO3.ClH/c19-15-5-7-16(8-6-15)22-13-14-23-18-4-2-1-3-17(18)20-9-11-21-12-10-20;/h5-8,17-18H,1-4,9-14H2;1H/t17-,18-;/m1./s1. The molecule has 4 nitrogen and oxygen atoms in total. The van der Waals surface area contributed by atoms with E-state index in [0.29, 0.717) is 25.4 Å². The zero-order valence-corrected chi connectivity index (χ0v) is 16.4. The zero-order valence-electron chi connectivity index (χ0n) is 14.0. The van der Waals surface area contributed by atoms with E-state index in [1.165, 1.54) is 25.7 Å². The maximum absolute atomic E-state index is 6.18. The van der Waals surface area contributed by atoms with Gasteiger partial charge in [0.05, 0.1) is 25.9 Å². The number of rotatable bonds is 6. The molecule has 1 aromatic carbocycles. The van der Waals surface area contributed by atoms with Crippen LogP contribution in [-0.4, -0.2) is 56.6 Å². The van der Waals surface area contributed by atoms with Crippen molar-refractivity contribution < 1.29 is 14.2 Å². The van der Waals surface area contributed by atoms with Gasteiger partial charge in [0.2, 0.25) is 0 Å². The van der Waals surface area contributed by atoms with Crippen LogP contribution in [0.25, 0.3) is 0 Å². The summed E-state index contributed by atoms with van der Waals surface area (Å²) in [5.74, 6) is 0.894. The summed E-state index contributed by atoms with van der Waals surface area (Å²) in [7, 11) is 0. The first-order chi connectivity index (χ1) is 11.3. The Labute approximate surface area is 159 Å². The minimum atomic E-state index is 0. The van der Waals surface area contributed by atoms with Crippen molar-refractivity contribution in [2.75, 3.05) is 39.5 Å². The fraction of sp³-hybridized carbons (Fsp3) is 0.667. The fourth-order valence-corrected chi connectivity index (χ4v) is 3.75. The monoisotopic (exact) mass is 419 g/mol. The first-order valence-electron chi connectivity index (χ1n) is 8.65. The van der Waals surface area contributed by atoms with E-state index >= 15 is 0 Å². The second kappa shape index (κ2) is 10.6. The first-order valence-corrected chi connectivity index (χ1v) is 9.44. The molecule has 1 saturated heterocycles.